The van der Waals surface area contributed by atoms with Gasteiger partial charge in [0.2, 0.25) is 5.88 Å². The minimum atomic E-state index is -0.827. The number of aromatic nitrogens is 5. The van der Waals surface area contributed by atoms with Gasteiger partial charge in [0.25, 0.3) is 5.91 Å². The number of carbonyl (C=O) groups excluding carboxylic acids is 1. The first-order chi connectivity index (χ1) is 28.6. The van der Waals surface area contributed by atoms with E-state index in [-0.39, 0.29) is 56.5 Å². The van der Waals surface area contributed by atoms with E-state index in [1.54, 1.807) is 33.3 Å². The predicted octanol–water partition coefficient (Wildman–Crippen LogP) is 7.36. The van der Waals surface area contributed by atoms with Crippen LogP contribution in [0.25, 0.3) is 32.9 Å². The fraction of sp³-hybridized carbons (Fsp3) is 0.523. The summed E-state index contributed by atoms with van der Waals surface area (Å²) in [5, 5.41) is 16.0. The summed E-state index contributed by atoms with van der Waals surface area (Å²) in [7, 11) is 6.59. The highest BCUT2D eigenvalue weighted by Crippen LogP contribution is 2.50. The molecule has 59 heavy (non-hydrogen) atoms. The van der Waals surface area contributed by atoms with Crippen molar-refractivity contribution in [2.75, 3.05) is 52.9 Å². The number of rotatable bonds is 9. The average Bonchev–Trinajstić information content (AvgIpc) is 3.78. The lowest BCUT2D eigenvalue weighted by Crippen LogP contribution is -2.59. The summed E-state index contributed by atoms with van der Waals surface area (Å²) in [5.74, 6) is -1.40. The number of amides is 1. The van der Waals surface area contributed by atoms with Crippen molar-refractivity contribution in [1.82, 2.24) is 34.5 Å². The highest BCUT2D eigenvalue weighted by Gasteiger charge is 2.52. The molecule has 1 amide bonds. The van der Waals surface area contributed by atoms with Crippen molar-refractivity contribution >= 4 is 33.4 Å². The van der Waals surface area contributed by atoms with Gasteiger partial charge >= 0.3 is 6.01 Å². The van der Waals surface area contributed by atoms with Crippen LogP contribution in [-0.2, 0) is 17.8 Å². The lowest BCUT2D eigenvalue weighted by molar-refractivity contribution is -0.0845. The average molecular weight is 813 g/mol. The van der Waals surface area contributed by atoms with Gasteiger partial charge in [-0.2, -0.15) is 15.1 Å². The van der Waals surface area contributed by atoms with E-state index < -0.39 is 11.6 Å². The first-order valence-electron chi connectivity index (χ1n) is 20.9. The molecule has 1 N–H and O–H groups in total. The molecule has 3 fully saturated rings. The van der Waals surface area contributed by atoms with E-state index in [1.807, 2.05) is 23.4 Å². The first-order valence-corrected chi connectivity index (χ1v) is 20.9. The summed E-state index contributed by atoms with van der Waals surface area (Å²) in [6.07, 6.45) is 8.34. The number of piperidine rings is 1. The van der Waals surface area contributed by atoms with E-state index in [0.29, 0.717) is 67.7 Å². The first kappa shape index (κ1) is 40.6. The number of hydrogen-bond acceptors (Lipinski definition) is 11. The van der Waals surface area contributed by atoms with Crippen molar-refractivity contribution in [2.24, 2.45) is 5.41 Å². The van der Waals surface area contributed by atoms with Crippen molar-refractivity contribution in [1.29, 1.82) is 0 Å². The Morgan fingerprint density at radius 3 is 2.54 bits per heavy atom. The molecule has 0 radical (unpaired) electrons. The Hall–Kier alpha value is -5.15. The molecule has 2 saturated carbocycles. The van der Waals surface area contributed by atoms with Crippen LogP contribution < -0.4 is 14.4 Å². The van der Waals surface area contributed by atoms with Crippen molar-refractivity contribution in [2.45, 2.75) is 96.5 Å². The summed E-state index contributed by atoms with van der Waals surface area (Å²) < 4.78 is 52.8. The van der Waals surface area contributed by atoms with Crippen LogP contribution in [-0.4, -0.2) is 112 Å². The zero-order chi connectivity index (χ0) is 41.6. The second-order valence-electron chi connectivity index (χ2n) is 16.3. The van der Waals surface area contributed by atoms with Crippen LogP contribution in [0.3, 0.4) is 0 Å². The number of aryl methyl sites for hydroxylation is 1. The fourth-order valence-electron chi connectivity index (χ4n) is 9.84. The number of pyridine rings is 1. The third kappa shape index (κ3) is 7.30. The number of nitrogens with zero attached hydrogens (tertiary/aromatic N) is 8. The van der Waals surface area contributed by atoms with Gasteiger partial charge < -0.3 is 29.1 Å². The molecule has 0 bridgehead atoms. The summed E-state index contributed by atoms with van der Waals surface area (Å²) >= 11 is 0. The lowest BCUT2D eigenvalue weighted by Gasteiger charge is -2.53. The van der Waals surface area contributed by atoms with Gasteiger partial charge in [-0.05, 0) is 81.1 Å². The van der Waals surface area contributed by atoms with Gasteiger partial charge in [0.1, 0.15) is 34.0 Å². The molecular weight excluding hydrogens is 759 g/mol. The van der Waals surface area contributed by atoms with E-state index in [0.717, 1.165) is 57.2 Å². The van der Waals surface area contributed by atoms with E-state index >= 15 is 8.78 Å². The molecule has 2 unspecified atom stereocenters. The number of hydrogen-bond donors (Lipinski definition) is 1. The van der Waals surface area contributed by atoms with Gasteiger partial charge in [0.15, 0.2) is 11.5 Å². The summed E-state index contributed by atoms with van der Waals surface area (Å²) in [6.45, 7) is 6.82. The molecule has 314 valence electrons. The Bertz CT molecular complexity index is 2370. The van der Waals surface area contributed by atoms with E-state index in [1.165, 1.54) is 36.3 Å². The zero-order valence-electron chi connectivity index (χ0n) is 34.8. The second kappa shape index (κ2) is 16.5. The maximum Gasteiger partial charge on any atom is 0.319 e. The summed E-state index contributed by atoms with van der Waals surface area (Å²) in [6, 6.07) is 9.85. The van der Waals surface area contributed by atoms with Crippen LogP contribution in [0.4, 0.5) is 14.6 Å². The number of phenolic OH excluding ortho intramolecular Hbond substituents is 1. The van der Waals surface area contributed by atoms with E-state index in [4.69, 9.17) is 24.2 Å². The molecule has 15 heteroatoms. The number of phenols is 1. The molecule has 1 saturated heterocycles. The molecule has 5 aromatic rings. The Labute approximate surface area is 343 Å². The van der Waals surface area contributed by atoms with E-state index in [9.17, 15) is 9.90 Å². The Balaban J connectivity index is 0.00000238. The molecule has 2 aliphatic heterocycles. The van der Waals surface area contributed by atoms with Gasteiger partial charge in [-0.1, -0.05) is 32.4 Å². The van der Waals surface area contributed by atoms with Gasteiger partial charge in [-0.25, -0.2) is 13.8 Å². The molecule has 2 aliphatic carbocycles. The largest absolute Gasteiger partial charge is 0.508 e. The van der Waals surface area contributed by atoms with Gasteiger partial charge in [0, 0.05) is 62.7 Å². The molecule has 2 atom stereocenters. The number of halogens is 2. The molecular formula is C44H54F2N8O5. The molecule has 4 aliphatic rings. The van der Waals surface area contributed by atoms with Crippen LogP contribution in [0.15, 0.2) is 36.4 Å². The Morgan fingerprint density at radius 2 is 1.78 bits per heavy atom. The highest BCUT2D eigenvalue weighted by atomic mass is 19.1. The number of ether oxygens (including phenoxy) is 3. The van der Waals surface area contributed by atoms with Gasteiger partial charge in [0.05, 0.1) is 32.1 Å². The smallest absolute Gasteiger partial charge is 0.319 e. The fourth-order valence-corrected chi connectivity index (χ4v) is 9.84. The normalized spacial score (nSPS) is 22.8. The SMILES string of the molecule is CC.COc1nc(-c2cc(O)cc3cccc(F)c23)c(F)c2nc(OCC34CCCC3N(C3CC(OC)C3)CCC4)nc(N3CCCn4nc(C(=O)N(C)C)cc4C3)c12. The molecule has 9 rings (SSSR count). The lowest BCUT2D eigenvalue weighted by atomic mass is 9.73. The molecule has 13 nitrogen and oxygen atoms in total. The molecule has 5 heterocycles. The maximum absolute atomic E-state index is 17.4. The number of aromatic hydroxyl groups is 1. The number of carbonyl (C=O) groups is 1. The van der Waals surface area contributed by atoms with Crippen LogP contribution in [0, 0.1) is 17.0 Å². The molecule has 0 spiro atoms. The summed E-state index contributed by atoms with van der Waals surface area (Å²) in [4.78, 5) is 33.4. The number of likely N-dealkylation sites (tertiary alicyclic amines) is 1. The topological polar surface area (TPSA) is 131 Å². The van der Waals surface area contributed by atoms with E-state index in [2.05, 4.69) is 15.0 Å². The third-order valence-corrected chi connectivity index (χ3v) is 12.7. The van der Waals surface area contributed by atoms with Crippen LogP contribution >= 0.6 is 0 Å². The van der Waals surface area contributed by atoms with Gasteiger partial charge in [-0.3, -0.25) is 14.4 Å². The Kier molecular flexibility index (Phi) is 11.3. The highest BCUT2D eigenvalue weighted by molar-refractivity contribution is 6.02. The van der Waals surface area contributed by atoms with Crippen molar-refractivity contribution in [3.05, 3.63) is 59.4 Å². The maximum atomic E-state index is 17.4. The van der Waals surface area contributed by atoms with Crippen LogP contribution in [0.1, 0.15) is 81.4 Å². The minimum Gasteiger partial charge on any atom is -0.508 e. The second-order valence-corrected chi connectivity index (χ2v) is 16.3. The van der Waals surface area contributed by atoms with Crippen LogP contribution in [0.2, 0.25) is 0 Å². The molecule has 3 aromatic heterocycles. The van der Waals surface area contributed by atoms with Crippen LogP contribution in [0.5, 0.6) is 17.6 Å². The van der Waals surface area contributed by atoms with Crippen molar-refractivity contribution in [3.8, 4) is 28.9 Å². The van der Waals surface area contributed by atoms with Gasteiger partial charge in [-0.15, -0.1) is 0 Å². The van der Waals surface area contributed by atoms with Crippen molar-refractivity contribution in [3.63, 3.8) is 0 Å². The number of methoxy groups -OCH3 is 2. The Morgan fingerprint density at radius 1 is 0.983 bits per heavy atom. The number of benzene rings is 2. The third-order valence-electron chi connectivity index (χ3n) is 12.7. The minimum absolute atomic E-state index is 0.0176. The molecule has 2 aromatic carbocycles. The predicted molar refractivity (Wildman–Crippen MR) is 221 cm³/mol. The number of anilines is 1. The van der Waals surface area contributed by atoms with Crippen molar-refractivity contribution < 1.29 is 32.9 Å². The summed E-state index contributed by atoms with van der Waals surface area (Å²) in [5.41, 5.74) is 0.754. The quantitative estimate of drug-likeness (QED) is 0.160. The standard InChI is InChI=1S/C42H48F2N8O5.C2H6/c1-49(2)40(54)31-20-26-22-50(14-8-16-52(26)48-31)38-34-37(35(44)36(45-39(34)56-4)29-21-27(53)17-24-9-5-10-30(43)33(24)29)46-41(47-38)57-23-42-12-6-11-32(42)51(15-7-13-42)25-18-28(19-25)55-3;1-2/h5,9-10,17,20-21,25,28,32,53H,6-8,11-16,18-19,22-23H2,1-4H3;1-2H3. The zero-order valence-corrected chi connectivity index (χ0v) is 34.8. The monoisotopic (exact) mass is 812 g/mol. The number of fused-ring (bicyclic) bond motifs is 4.